The second-order valence-electron chi connectivity index (χ2n) is 5.23. The Labute approximate surface area is 124 Å². The van der Waals surface area contributed by atoms with E-state index >= 15 is 0 Å². The van der Waals surface area contributed by atoms with Crippen LogP contribution < -0.4 is 5.73 Å². The number of aryl methyl sites for hydroxylation is 2. The lowest BCUT2D eigenvalue weighted by atomic mass is 10.0. The number of nitriles is 1. The van der Waals surface area contributed by atoms with Gasteiger partial charge in [0.1, 0.15) is 6.07 Å². The maximum Gasteiger partial charge on any atom is 0.102 e. The summed E-state index contributed by atoms with van der Waals surface area (Å²) < 4.78 is 2.19. The fourth-order valence-electron chi connectivity index (χ4n) is 2.89. The number of benzene rings is 2. The van der Waals surface area contributed by atoms with E-state index < -0.39 is 0 Å². The second-order valence-corrected chi connectivity index (χ2v) is 5.23. The topological polar surface area (TPSA) is 54.7 Å². The normalized spacial score (nSPS) is 10.7. The molecule has 0 fully saturated rings. The molecule has 2 aromatic carbocycles. The fourth-order valence-corrected chi connectivity index (χ4v) is 2.89. The first-order valence-corrected chi connectivity index (χ1v) is 7.04. The molecule has 3 nitrogen and oxygen atoms in total. The highest BCUT2D eigenvalue weighted by atomic mass is 15.0. The van der Waals surface area contributed by atoms with E-state index in [0.29, 0.717) is 5.69 Å². The van der Waals surface area contributed by atoms with E-state index in [1.807, 2.05) is 36.4 Å². The van der Waals surface area contributed by atoms with Crippen LogP contribution in [-0.2, 0) is 6.54 Å². The van der Waals surface area contributed by atoms with Gasteiger partial charge < -0.3 is 10.3 Å². The van der Waals surface area contributed by atoms with Crippen LogP contribution >= 0.6 is 0 Å². The Morgan fingerprint density at radius 1 is 1.19 bits per heavy atom. The lowest BCUT2D eigenvalue weighted by Crippen LogP contribution is -1.98. The average molecular weight is 275 g/mol. The van der Waals surface area contributed by atoms with Crippen LogP contribution in [0.1, 0.15) is 18.1 Å². The monoisotopic (exact) mass is 275 g/mol. The zero-order valence-electron chi connectivity index (χ0n) is 12.2. The number of aromatic nitrogens is 1. The van der Waals surface area contributed by atoms with E-state index in [-0.39, 0.29) is 0 Å². The summed E-state index contributed by atoms with van der Waals surface area (Å²) in [5.74, 6) is 0. The van der Waals surface area contributed by atoms with Crippen molar-refractivity contribution < 1.29 is 0 Å². The van der Waals surface area contributed by atoms with Gasteiger partial charge in [0.15, 0.2) is 0 Å². The number of nitrogens with zero attached hydrogens (tertiary/aromatic N) is 2. The minimum absolute atomic E-state index is 0.709. The molecule has 3 aromatic rings. The van der Waals surface area contributed by atoms with Gasteiger partial charge in [0.2, 0.25) is 0 Å². The van der Waals surface area contributed by atoms with Crippen LogP contribution in [0.2, 0.25) is 0 Å². The fraction of sp³-hybridized carbons (Fsp3) is 0.167. The number of anilines is 1. The molecular formula is C18H17N3. The number of nitrogen functional groups attached to an aromatic ring is 1. The van der Waals surface area contributed by atoms with Gasteiger partial charge in [0.05, 0.1) is 16.8 Å². The van der Waals surface area contributed by atoms with Crippen molar-refractivity contribution in [3.8, 4) is 17.3 Å². The average Bonchev–Trinajstić information content (AvgIpc) is 2.79. The molecule has 3 rings (SSSR count). The summed E-state index contributed by atoms with van der Waals surface area (Å²) >= 11 is 0. The second kappa shape index (κ2) is 4.99. The molecule has 0 amide bonds. The van der Waals surface area contributed by atoms with Crippen molar-refractivity contribution >= 4 is 16.6 Å². The van der Waals surface area contributed by atoms with E-state index in [0.717, 1.165) is 34.3 Å². The number of fused-ring (bicyclic) bond motifs is 1. The largest absolute Gasteiger partial charge is 0.399 e. The number of nitrogens with two attached hydrogens (primary N) is 1. The highest BCUT2D eigenvalue weighted by Crippen LogP contribution is 2.34. The molecule has 3 heteroatoms. The first-order chi connectivity index (χ1) is 10.2. The Morgan fingerprint density at radius 2 is 2.00 bits per heavy atom. The third kappa shape index (κ3) is 2.05. The standard InChI is InChI=1S/C18H17N3/c1-3-21-17-9-12(2)7-8-15(17)16(11-19)18(21)13-5-4-6-14(20)10-13/h4-10H,3,20H2,1-2H3. The number of rotatable bonds is 2. The Bertz CT molecular complexity index is 866. The maximum atomic E-state index is 9.63. The predicted molar refractivity (Wildman–Crippen MR) is 86.9 cm³/mol. The SMILES string of the molecule is CCn1c(-c2cccc(N)c2)c(C#N)c2ccc(C)cc21. The van der Waals surface area contributed by atoms with Crippen molar-refractivity contribution in [2.45, 2.75) is 20.4 Å². The third-order valence-corrected chi connectivity index (χ3v) is 3.81. The molecule has 0 radical (unpaired) electrons. The van der Waals surface area contributed by atoms with Gasteiger partial charge in [-0.1, -0.05) is 24.3 Å². The van der Waals surface area contributed by atoms with Crippen LogP contribution in [0.5, 0.6) is 0 Å². The van der Waals surface area contributed by atoms with Crippen molar-refractivity contribution in [2.24, 2.45) is 0 Å². The molecule has 104 valence electrons. The summed E-state index contributed by atoms with van der Waals surface area (Å²) in [5.41, 5.74) is 11.6. The first kappa shape index (κ1) is 13.3. The Kier molecular flexibility index (Phi) is 3.15. The molecule has 0 aliphatic heterocycles. The summed E-state index contributed by atoms with van der Waals surface area (Å²) in [6.45, 7) is 4.98. The first-order valence-electron chi connectivity index (χ1n) is 7.04. The molecule has 0 saturated heterocycles. The maximum absolute atomic E-state index is 9.63. The van der Waals surface area contributed by atoms with Crippen LogP contribution in [0, 0.1) is 18.3 Å². The predicted octanol–water partition coefficient (Wildman–Crippen LogP) is 4.09. The van der Waals surface area contributed by atoms with Crippen molar-refractivity contribution in [1.82, 2.24) is 4.57 Å². The molecule has 0 aliphatic carbocycles. The molecular weight excluding hydrogens is 258 g/mol. The van der Waals surface area contributed by atoms with Gasteiger partial charge in [-0.2, -0.15) is 5.26 Å². The molecule has 0 aliphatic rings. The van der Waals surface area contributed by atoms with Crippen LogP contribution in [0.3, 0.4) is 0 Å². The van der Waals surface area contributed by atoms with E-state index in [1.54, 1.807) is 0 Å². The molecule has 2 N–H and O–H groups in total. The van der Waals surface area contributed by atoms with Crippen LogP contribution in [0.4, 0.5) is 5.69 Å². The quantitative estimate of drug-likeness (QED) is 0.716. The number of hydrogen-bond acceptors (Lipinski definition) is 2. The summed E-state index contributed by atoms with van der Waals surface area (Å²) in [4.78, 5) is 0. The summed E-state index contributed by atoms with van der Waals surface area (Å²) in [6.07, 6.45) is 0. The van der Waals surface area contributed by atoms with Gasteiger partial charge in [0.25, 0.3) is 0 Å². The van der Waals surface area contributed by atoms with Gasteiger partial charge in [-0.3, -0.25) is 0 Å². The summed E-state index contributed by atoms with van der Waals surface area (Å²) in [7, 11) is 0. The van der Waals surface area contributed by atoms with Gasteiger partial charge in [0, 0.05) is 23.2 Å². The lowest BCUT2D eigenvalue weighted by Gasteiger charge is -2.09. The molecule has 21 heavy (non-hydrogen) atoms. The molecule has 0 atom stereocenters. The third-order valence-electron chi connectivity index (χ3n) is 3.81. The highest BCUT2D eigenvalue weighted by Gasteiger charge is 2.17. The molecule has 1 heterocycles. The highest BCUT2D eigenvalue weighted by molar-refractivity contribution is 5.95. The van der Waals surface area contributed by atoms with Crippen molar-refractivity contribution in [3.63, 3.8) is 0 Å². The van der Waals surface area contributed by atoms with Crippen LogP contribution in [0.25, 0.3) is 22.2 Å². The lowest BCUT2D eigenvalue weighted by molar-refractivity contribution is 0.804. The van der Waals surface area contributed by atoms with E-state index in [1.165, 1.54) is 5.56 Å². The van der Waals surface area contributed by atoms with Gasteiger partial charge in [-0.25, -0.2) is 0 Å². The molecule has 0 unspecified atom stereocenters. The Hall–Kier alpha value is -2.73. The van der Waals surface area contributed by atoms with Crippen molar-refractivity contribution in [2.75, 3.05) is 5.73 Å². The van der Waals surface area contributed by atoms with E-state index in [9.17, 15) is 5.26 Å². The molecule has 0 spiro atoms. The van der Waals surface area contributed by atoms with Crippen LogP contribution in [0.15, 0.2) is 42.5 Å². The van der Waals surface area contributed by atoms with E-state index in [4.69, 9.17) is 5.73 Å². The molecule has 0 saturated carbocycles. The molecule has 0 bridgehead atoms. The zero-order valence-corrected chi connectivity index (χ0v) is 12.2. The van der Waals surface area contributed by atoms with E-state index in [2.05, 4.69) is 30.6 Å². The van der Waals surface area contributed by atoms with Gasteiger partial charge >= 0.3 is 0 Å². The van der Waals surface area contributed by atoms with Crippen LogP contribution in [-0.4, -0.2) is 4.57 Å². The molecule has 1 aromatic heterocycles. The zero-order chi connectivity index (χ0) is 15.0. The van der Waals surface area contributed by atoms with Crippen molar-refractivity contribution in [3.05, 3.63) is 53.6 Å². The minimum atomic E-state index is 0.709. The number of hydrogen-bond donors (Lipinski definition) is 1. The van der Waals surface area contributed by atoms with Crippen molar-refractivity contribution in [1.29, 1.82) is 5.26 Å². The summed E-state index contributed by atoms with van der Waals surface area (Å²) in [5, 5.41) is 10.6. The minimum Gasteiger partial charge on any atom is -0.399 e. The van der Waals surface area contributed by atoms with Gasteiger partial charge in [-0.05, 0) is 37.6 Å². The summed E-state index contributed by atoms with van der Waals surface area (Å²) in [6, 6.07) is 16.3. The smallest absolute Gasteiger partial charge is 0.102 e. The Morgan fingerprint density at radius 3 is 2.67 bits per heavy atom. The van der Waals surface area contributed by atoms with Gasteiger partial charge in [-0.15, -0.1) is 0 Å². The Balaban J connectivity index is 2.44.